The Hall–Kier alpha value is -1.14. The Morgan fingerprint density at radius 2 is 2.18 bits per heavy atom. The molecule has 17 heavy (non-hydrogen) atoms. The molecule has 2 rings (SSSR count). The van der Waals surface area contributed by atoms with E-state index in [9.17, 15) is 9.59 Å². The number of carbonyl (C=O) groups is 2. The van der Waals surface area contributed by atoms with Gasteiger partial charge in [-0.25, -0.2) is 4.79 Å². The fraction of sp³-hybridized carbons (Fsp3) is 0.818. The number of hydrogen-bond acceptors (Lipinski definition) is 4. The summed E-state index contributed by atoms with van der Waals surface area (Å²) in [5, 5.41) is 12.1. The summed E-state index contributed by atoms with van der Waals surface area (Å²) < 4.78 is 5.09. The van der Waals surface area contributed by atoms with E-state index in [1.807, 2.05) is 0 Å². The Kier molecular flexibility index (Phi) is 3.96. The topological polar surface area (TPSA) is 78.9 Å². The number of nitrogens with zero attached hydrogens (tertiary/aromatic N) is 1. The number of rotatable bonds is 2. The van der Waals surface area contributed by atoms with Gasteiger partial charge >= 0.3 is 5.97 Å². The second-order valence-electron chi connectivity index (χ2n) is 4.48. The Morgan fingerprint density at radius 1 is 1.35 bits per heavy atom. The first-order chi connectivity index (χ1) is 8.18. The summed E-state index contributed by atoms with van der Waals surface area (Å²) in [4.78, 5) is 24.6. The van der Waals surface area contributed by atoms with Gasteiger partial charge in [0.1, 0.15) is 0 Å². The molecule has 6 heteroatoms. The molecule has 1 amide bonds. The average Bonchev–Trinajstić information content (AvgIpc) is 2.39. The van der Waals surface area contributed by atoms with Crippen molar-refractivity contribution in [3.63, 3.8) is 0 Å². The number of morpholine rings is 1. The van der Waals surface area contributed by atoms with E-state index in [-0.39, 0.29) is 18.5 Å². The highest BCUT2D eigenvalue weighted by Crippen LogP contribution is 2.13. The number of amides is 1. The molecule has 2 heterocycles. The maximum Gasteiger partial charge on any atom is 0.334 e. The third-order valence-electron chi connectivity index (χ3n) is 3.26. The minimum absolute atomic E-state index is 0.0132. The van der Waals surface area contributed by atoms with Gasteiger partial charge < -0.3 is 20.1 Å². The third kappa shape index (κ3) is 2.95. The van der Waals surface area contributed by atoms with Crippen molar-refractivity contribution in [3.8, 4) is 0 Å². The Bertz CT molecular complexity index is 302. The SMILES string of the molecule is O=C(O)C1CN(C(=O)[C@@H]2CCCCN2)CCO1. The Labute approximate surface area is 99.9 Å². The first-order valence-corrected chi connectivity index (χ1v) is 6.05. The predicted molar refractivity (Wildman–Crippen MR) is 59.6 cm³/mol. The van der Waals surface area contributed by atoms with Crippen LogP contribution in [-0.4, -0.2) is 60.3 Å². The van der Waals surface area contributed by atoms with Crippen LogP contribution in [0.2, 0.25) is 0 Å². The van der Waals surface area contributed by atoms with Gasteiger partial charge in [0, 0.05) is 6.54 Å². The second kappa shape index (κ2) is 5.46. The van der Waals surface area contributed by atoms with E-state index in [1.165, 1.54) is 0 Å². The smallest absolute Gasteiger partial charge is 0.334 e. The first-order valence-electron chi connectivity index (χ1n) is 6.05. The molecule has 2 saturated heterocycles. The fourth-order valence-corrected chi connectivity index (χ4v) is 2.28. The molecule has 96 valence electrons. The lowest BCUT2D eigenvalue weighted by Gasteiger charge is -2.34. The molecule has 2 fully saturated rings. The molecule has 0 saturated carbocycles. The molecule has 2 aliphatic rings. The molecule has 2 atom stereocenters. The van der Waals surface area contributed by atoms with Gasteiger partial charge in [-0.05, 0) is 19.4 Å². The van der Waals surface area contributed by atoms with Crippen LogP contribution in [0.4, 0.5) is 0 Å². The highest BCUT2D eigenvalue weighted by molar-refractivity contribution is 5.83. The lowest BCUT2D eigenvalue weighted by molar-refractivity contribution is -0.160. The van der Waals surface area contributed by atoms with E-state index in [2.05, 4.69) is 5.32 Å². The first kappa shape index (κ1) is 12.3. The lowest BCUT2D eigenvalue weighted by Crippen LogP contribution is -2.55. The molecule has 0 radical (unpaired) electrons. The van der Waals surface area contributed by atoms with Crippen molar-refractivity contribution in [1.82, 2.24) is 10.2 Å². The van der Waals surface area contributed by atoms with Crippen molar-refractivity contribution in [2.45, 2.75) is 31.4 Å². The molecule has 0 spiro atoms. The number of ether oxygens (including phenoxy) is 1. The number of carbonyl (C=O) groups excluding carboxylic acids is 1. The highest BCUT2D eigenvalue weighted by atomic mass is 16.5. The van der Waals surface area contributed by atoms with Crippen LogP contribution < -0.4 is 5.32 Å². The summed E-state index contributed by atoms with van der Waals surface area (Å²) in [5.74, 6) is -0.988. The standard InChI is InChI=1S/C11H18N2O4/c14-10(8-3-1-2-4-12-8)13-5-6-17-9(7-13)11(15)16/h8-9,12H,1-7H2,(H,15,16)/t8-,9?/m0/s1. The Balaban J connectivity index is 1.91. The van der Waals surface area contributed by atoms with Gasteiger partial charge in [0.2, 0.25) is 5.91 Å². The van der Waals surface area contributed by atoms with Gasteiger partial charge in [0.05, 0.1) is 19.2 Å². The monoisotopic (exact) mass is 242 g/mol. The molecule has 1 unspecified atom stereocenters. The molecule has 2 aliphatic heterocycles. The third-order valence-corrected chi connectivity index (χ3v) is 3.26. The maximum atomic E-state index is 12.1. The van der Waals surface area contributed by atoms with Crippen molar-refractivity contribution < 1.29 is 19.4 Å². The summed E-state index contributed by atoms with van der Waals surface area (Å²) >= 11 is 0. The molecule has 0 aromatic carbocycles. The molecule has 6 nitrogen and oxygen atoms in total. The van der Waals surface area contributed by atoms with Crippen molar-refractivity contribution in [3.05, 3.63) is 0 Å². The summed E-state index contributed by atoms with van der Waals surface area (Å²) in [6, 6.07) is -0.142. The predicted octanol–water partition coefficient (Wildman–Crippen LogP) is -0.559. The van der Waals surface area contributed by atoms with E-state index >= 15 is 0 Å². The molecular weight excluding hydrogens is 224 g/mol. The summed E-state index contributed by atoms with van der Waals surface area (Å²) in [6.45, 7) is 1.81. The zero-order valence-corrected chi connectivity index (χ0v) is 9.72. The molecule has 2 N–H and O–H groups in total. The maximum absolute atomic E-state index is 12.1. The molecule has 0 bridgehead atoms. The fourth-order valence-electron chi connectivity index (χ4n) is 2.28. The Morgan fingerprint density at radius 3 is 2.82 bits per heavy atom. The quantitative estimate of drug-likeness (QED) is 0.678. The normalized spacial score (nSPS) is 30.0. The molecule has 0 aromatic rings. The van der Waals surface area contributed by atoms with Gasteiger partial charge in [0.15, 0.2) is 6.10 Å². The summed E-state index contributed by atoms with van der Waals surface area (Å²) in [7, 11) is 0. The van der Waals surface area contributed by atoms with E-state index in [0.29, 0.717) is 13.2 Å². The average molecular weight is 242 g/mol. The van der Waals surface area contributed by atoms with Crippen LogP contribution in [0.1, 0.15) is 19.3 Å². The number of carboxylic acid groups (broad SMARTS) is 1. The van der Waals surface area contributed by atoms with Gasteiger partial charge in [0.25, 0.3) is 0 Å². The molecular formula is C11H18N2O4. The number of hydrogen-bond donors (Lipinski definition) is 2. The van der Waals surface area contributed by atoms with E-state index in [0.717, 1.165) is 25.8 Å². The zero-order valence-electron chi connectivity index (χ0n) is 9.72. The van der Waals surface area contributed by atoms with Crippen molar-refractivity contribution in [2.24, 2.45) is 0 Å². The minimum atomic E-state index is -1.00. The van der Waals surface area contributed by atoms with Crippen LogP contribution in [0, 0.1) is 0 Å². The summed E-state index contributed by atoms with van der Waals surface area (Å²) in [5.41, 5.74) is 0. The number of piperidine rings is 1. The largest absolute Gasteiger partial charge is 0.479 e. The van der Waals surface area contributed by atoms with Gasteiger partial charge in [-0.2, -0.15) is 0 Å². The van der Waals surface area contributed by atoms with Crippen molar-refractivity contribution in [1.29, 1.82) is 0 Å². The number of nitrogens with one attached hydrogen (secondary N) is 1. The molecule has 0 aliphatic carbocycles. The van der Waals surface area contributed by atoms with Gasteiger partial charge in [-0.15, -0.1) is 0 Å². The van der Waals surface area contributed by atoms with Gasteiger partial charge in [-0.3, -0.25) is 4.79 Å². The molecule has 0 aromatic heterocycles. The van der Waals surface area contributed by atoms with Gasteiger partial charge in [-0.1, -0.05) is 6.42 Å². The van der Waals surface area contributed by atoms with Crippen molar-refractivity contribution in [2.75, 3.05) is 26.2 Å². The van der Waals surface area contributed by atoms with Crippen molar-refractivity contribution >= 4 is 11.9 Å². The lowest BCUT2D eigenvalue weighted by atomic mass is 10.0. The van der Waals surface area contributed by atoms with Crippen LogP contribution in [0.15, 0.2) is 0 Å². The van der Waals surface area contributed by atoms with Crippen LogP contribution in [0.3, 0.4) is 0 Å². The number of carboxylic acids is 1. The summed E-state index contributed by atoms with van der Waals surface area (Å²) in [6.07, 6.45) is 2.12. The zero-order chi connectivity index (χ0) is 12.3. The van der Waals surface area contributed by atoms with Crippen LogP contribution in [0.25, 0.3) is 0 Å². The second-order valence-corrected chi connectivity index (χ2v) is 4.48. The number of aliphatic carboxylic acids is 1. The van der Waals surface area contributed by atoms with Crippen LogP contribution in [0.5, 0.6) is 0 Å². The van der Waals surface area contributed by atoms with Crippen LogP contribution in [-0.2, 0) is 14.3 Å². The van der Waals surface area contributed by atoms with E-state index < -0.39 is 12.1 Å². The van der Waals surface area contributed by atoms with E-state index in [1.54, 1.807) is 4.90 Å². The highest BCUT2D eigenvalue weighted by Gasteiger charge is 2.32. The van der Waals surface area contributed by atoms with E-state index in [4.69, 9.17) is 9.84 Å². The van der Waals surface area contributed by atoms with Crippen LogP contribution >= 0.6 is 0 Å². The minimum Gasteiger partial charge on any atom is -0.479 e.